The molecule has 0 aliphatic carbocycles. The lowest BCUT2D eigenvalue weighted by Gasteiger charge is -2.31. The van der Waals surface area contributed by atoms with E-state index in [1.807, 2.05) is 78.8 Å². The Balaban J connectivity index is 0.00000109. The van der Waals surface area contributed by atoms with Crippen LogP contribution in [0.15, 0.2) is 60.3 Å². The first-order valence-electron chi connectivity index (χ1n) is 20.5. The molecular formula is C47H71ClFNO2. The summed E-state index contributed by atoms with van der Waals surface area (Å²) in [6, 6.07) is 12.7. The zero-order chi connectivity index (χ0) is 39.6. The van der Waals surface area contributed by atoms with Crippen LogP contribution in [-0.4, -0.2) is 11.0 Å². The first-order valence-corrected chi connectivity index (χ1v) is 20.8. The van der Waals surface area contributed by atoms with Gasteiger partial charge in [-0.1, -0.05) is 170 Å². The third-order valence-corrected chi connectivity index (χ3v) is 11.0. The molecule has 1 aliphatic rings. The number of rotatable bonds is 15. The number of amides is 1. The number of fused-ring (bicyclic) bond motifs is 1. The first-order chi connectivity index (χ1) is 25.0. The Morgan fingerprint density at radius 3 is 2.06 bits per heavy atom. The van der Waals surface area contributed by atoms with Crippen LogP contribution in [0.1, 0.15) is 158 Å². The molecule has 290 valence electrons. The predicted molar refractivity (Wildman–Crippen MR) is 228 cm³/mol. The Bertz CT molecular complexity index is 1600. The average Bonchev–Trinajstić information content (AvgIpc) is 3.46. The van der Waals surface area contributed by atoms with E-state index in [9.17, 15) is 9.90 Å². The Hall–Kier alpha value is -3.11. The number of phenols is 1. The molecule has 52 heavy (non-hydrogen) atoms. The first kappa shape index (κ1) is 46.9. The van der Waals surface area contributed by atoms with Crippen molar-refractivity contribution < 1.29 is 14.3 Å². The van der Waals surface area contributed by atoms with Gasteiger partial charge in [0.2, 0.25) is 5.91 Å². The van der Waals surface area contributed by atoms with E-state index in [-0.39, 0.29) is 22.2 Å². The van der Waals surface area contributed by atoms with Crippen LogP contribution in [0.25, 0.3) is 27.5 Å². The zero-order valence-electron chi connectivity index (χ0n) is 34.8. The number of nitrogens with one attached hydrogen (secondary N) is 1. The summed E-state index contributed by atoms with van der Waals surface area (Å²) in [6.07, 6.45) is 10.2. The number of hydrogen-bond acceptors (Lipinski definition) is 2. The second-order valence-electron chi connectivity index (χ2n) is 13.6. The van der Waals surface area contributed by atoms with E-state index in [0.717, 1.165) is 53.5 Å². The lowest BCUT2D eigenvalue weighted by molar-refractivity contribution is -0.126. The summed E-state index contributed by atoms with van der Waals surface area (Å²) < 4.78 is 16.9. The lowest BCUT2D eigenvalue weighted by atomic mass is 9.70. The standard InChI is InChI=1S/C36H43ClFNO2.C7H16.2C2H6/c1-7-14-27-29(21-30(37)31(33(27)38)28-20-25(40)19-24-16-11-12-17-26(24)28)32-34(23(6)9-3)39-35(41)36(32,10-4)18-13-15-22(5)8-2;1-4-7(5-2)6-3;2*1-2/h11-12,16-17,19-22,40H,6-10,13-15,18H2,1-5H3,(H,39,41);7H,4-6H2,1-3H3;2*1-2H3. The molecule has 3 nitrogen and oxygen atoms in total. The lowest BCUT2D eigenvalue weighted by Crippen LogP contribution is -2.34. The Morgan fingerprint density at radius 1 is 0.923 bits per heavy atom. The SMILES string of the molecule is C=C(CC)C1=C(c2cc(Cl)c(-c3cc(O)cc4ccccc34)c(F)c2CCC)C(CC)(CCCC(C)CC)C(=O)N1.CC.CC.CCC(CC)CC. The molecule has 3 aromatic rings. The highest BCUT2D eigenvalue weighted by molar-refractivity contribution is 6.34. The number of halogens is 2. The second-order valence-corrected chi connectivity index (χ2v) is 14.0. The van der Waals surface area contributed by atoms with Gasteiger partial charge in [-0.3, -0.25) is 4.79 Å². The minimum atomic E-state index is -0.793. The second kappa shape index (κ2) is 23.5. The van der Waals surface area contributed by atoms with Crippen molar-refractivity contribution in [2.45, 2.75) is 154 Å². The van der Waals surface area contributed by atoms with Crippen LogP contribution in [0, 0.1) is 23.1 Å². The van der Waals surface area contributed by atoms with E-state index in [1.54, 1.807) is 12.1 Å². The summed E-state index contributed by atoms with van der Waals surface area (Å²) in [7, 11) is 0. The Labute approximate surface area is 322 Å². The molecule has 0 bridgehead atoms. The number of phenolic OH excluding ortho intramolecular Hbond substituents is 1. The van der Waals surface area contributed by atoms with Gasteiger partial charge in [-0.15, -0.1) is 0 Å². The number of carbonyl (C=O) groups is 1. The van der Waals surface area contributed by atoms with Crippen LogP contribution >= 0.6 is 11.6 Å². The molecule has 5 heteroatoms. The van der Waals surface area contributed by atoms with Crippen LogP contribution in [0.3, 0.4) is 0 Å². The summed E-state index contributed by atoms with van der Waals surface area (Å²) in [6.45, 7) is 29.6. The fraction of sp³-hybridized carbons (Fsp3) is 0.553. The zero-order valence-corrected chi connectivity index (χ0v) is 35.5. The number of aromatic hydroxyl groups is 1. The van der Waals surface area contributed by atoms with E-state index >= 15 is 4.39 Å². The van der Waals surface area contributed by atoms with Crippen LogP contribution in [0.2, 0.25) is 5.02 Å². The molecule has 2 N–H and O–H groups in total. The van der Waals surface area contributed by atoms with Crippen molar-refractivity contribution in [3.8, 4) is 16.9 Å². The molecule has 0 saturated heterocycles. The third kappa shape index (κ3) is 11.0. The number of benzene rings is 3. The highest BCUT2D eigenvalue weighted by Crippen LogP contribution is 2.52. The van der Waals surface area contributed by atoms with Gasteiger partial charge in [0, 0.05) is 11.3 Å². The number of allylic oxidation sites excluding steroid dienone is 1. The van der Waals surface area contributed by atoms with Crippen LogP contribution < -0.4 is 5.32 Å². The summed E-state index contributed by atoms with van der Waals surface area (Å²) in [5.41, 5.74) is 3.64. The van der Waals surface area contributed by atoms with Crippen molar-refractivity contribution >= 4 is 33.9 Å². The van der Waals surface area contributed by atoms with E-state index in [4.69, 9.17) is 11.6 Å². The summed E-state index contributed by atoms with van der Waals surface area (Å²) in [4.78, 5) is 13.9. The topological polar surface area (TPSA) is 49.3 Å². The van der Waals surface area contributed by atoms with Gasteiger partial charge in [0.05, 0.1) is 10.4 Å². The summed E-state index contributed by atoms with van der Waals surface area (Å²) in [5, 5.41) is 15.6. The highest BCUT2D eigenvalue weighted by Gasteiger charge is 2.48. The molecule has 1 heterocycles. The molecule has 0 radical (unpaired) electrons. The quantitative estimate of drug-likeness (QED) is 0.163. The molecule has 0 fully saturated rings. The Morgan fingerprint density at radius 2 is 1.54 bits per heavy atom. The maximum atomic E-state index is 16.9. The van der Waals surface area contributed by atoms with Crippen molar-refractivity contribution in [1.82, 2.24) is 5.32 Å². The average molecular weight is 737 g/mol. The molecule has 2 atom stereocenters. The van der Waals surface area contributed by atoms with E-state index < -0.39 is 11.2 Å². The predicted octanol–water partition coefficient (Wildman–Crippen LogP) is 15.3. The molecule has 0 saturated carbocycles. The van der Waals surface area contributed by atoms with Crippen LogP contribution in [0.4, 0.5) is 4.39 Å². The van der Waals surface area contributed by atoms with Crippen LogP contribution in [0.5, 0.6) is 5.75 Å². The largest absolute Gasteiger partial charge is 0.508 e. The molecule has 4 rings (SSSR count). The van der Waals surface area contributed by atoms with Gasteiger partial charge < -0.3 is 10.4 Å². The number of hydrogen-bond donors (Lipinski definition) is 2. The van der Waals surface area contributed by atoms with Gasteiger partial charge in [-0.25, -0.2) is 4.39 Å². The van der Waals surface area contributed by atoms with E-state index in [2.05, 4.69) is 46.5 Å². The van der Waals surface area contributed by atoms with Gasteiger partial charge in [0.25, 0.3) is 0 Å². The molecule has 1 aliphatic heterocycles. The maximum Gasteiger partial charge on any atom is 0.235 e. The summed E-state index contributed by atoms with van der Waals surface area (Å²) >= 11 is 7.00. The normalized spacial score (nSPS) is 15.6. The Kier molecular flexibility index (Phi) is 21.2. The van der Waals surface area contributed by atoms with Crippen molar-refractivity contribution in [3.63, 3.8) is 0 Å². The minimum absolute atomic E-state index is 0.0363. The number of carbonyl (C=O) groups excluding carboxylic acids is 1. The fourth-order valence-electron chi connectivity index (χ4n) is 7.18. The smallest absolute Gasteiger partial charge is 0.235 e. The van der Waals surface area contributed by atoms with Crippen molar-refractivity contribution in [2.75, 3.05) is 0 Å². The van der Waals surface area contributed by atoms with Gasteiger partial charge in [-0.05, 0) is 94.3 Å². The molecule has 0 aromatic heterocycles. The van der Waals surface area contributed by atoms with Crippen molar-refractivity contribution in [3.05, 3.63) is 82.3 Å². The molecule has 3 aromatic carbocycles. The van der Waals surface area contributed by atoms with Gasteiger partial charge >= 0.3 is 0 Å². The highest BCUT2D eigenvalue weighted by atomic mass is 35.5. The van der Waals surface area contributed by atoms with Crippen molar-refractivity contribution in [1.29, 1.82) is 0 Å². The van der Waals surface area contributed by atoms with E-state index in [1.165, 1.54) is 19.3 Å². The van der Waals surface area contributed by atoms with Gasteiger partial charge in [0.1, 0.15) is 11.6 Å². The molecule has 2 unspecified atom stereocenters. The van der Waals surface area contributed by atoms with Gasteiger partial charge in [0.15, 0.2) is 0 Å². The summed E-state index contributed by atoms with van der Waals surface area (Å²) in [5.74, 6) is 1.18. The van der Waals surface area contributed by atoms with Crippen LogP contribution in [-0.2, 0) is 11.2 Å². The van der Waals surface area contributed by atoms with Crippen molar-refractivity contribution in [2.24, 2.45) is 17.3 Å². The van der Waals surface area contributed by atoms with Gasteiger partial charge in [-0.2, -0.15) is 0 Å². The fourth-order valence-corrected chi connectivity index (χ4v) is 7.48. The monoisotopic (exact) mass is 736 g/mol. The van der Waals surface area contributed by atoms with E-state index in [0.29, 0.717) is 54.0 Å². The minimum Gasteiger partial charge on any atom is -0.508 e. The molecule has 0 spiro atoms. The molecular weight excluding hydrogens is 665 g/mol. The molecule has 1 amide bonds. The maximum absolute atomic E-state index is 16.9. The third-order valence-electron chi connectivity index (χ3n) is 10.7.